The Kier molecular flexibility index (Phi) is 5.42. The lowest BCUT2D eigenvalue weighted by atomic mass is 9.78. The number of nitrogens with zero attached hydrogens (tertiary/aromatic N) is 5. The third-order valence-electron chi connectivity index (χ3n) is 6.52. The first-order valence-corrected chi connectivity index (χ1v) is 11.4. The molecule has 3 aromatic heterocycles. The van der Waals surface area contributed by atoms with E-state index in [1.165, 1.54) is 12.4 Å². The molecule has 0 saturated carbocycles. The minimum atomic E-state index is -3.08. The van der Waals surface area contributed by atoms with E-state index in [1.54, 1.807) is 12.5 Å². The van der Waals surface area contributed by atoms with Crippen LogP contribution in [0.2, 0.25) is 0 Å². The lowest BCUT2D eigenvalue weighted by Crippen LogP contribution is -2.55. The van der Waals surface area contributed by atoms with E-state index >= 15 is 0 Å². The number of imidazole rings is 1. The Hall–Kier alpha value is -3.62. The van der Waals surface area contributed by atoms with Crippen molar-refractivity contribution in [1.82, 2.24) is 24.7 Å². The monoisotopic (exact) mass is 464 g/mol. The van der Waals surface area contributed by atoms with Crippen LogP contribution in [-0.4, -0.2) is 30.6 Å². The minimum Gasteiger partial charge on any atom is -0.345 e. The number of anilines is 1. The van der Waals surface area contributed by atoms with Crippen molar-refractivity contribution in [3.63, 3.8) is 0 Å². The zero-order chi connectivity index (χ0) is 24.0. The van der Waals surface area contributed by atoms with E-state index in [-0.39, 0.29) is 17.9 Å². The number of carbonyl (C=O) groups is 1. The number of unbranched alkanes of at least 4 members (excludes halogenated alkanes) is 1. The van der Waals surface area contributed by atoms with E-state index < -0.39 is 6.05 Å². The van der Waals surface area contributed by atoms with E-state index in [4.69, 9.17) is 0 Å². The molecule has 1 aromatic carbocycles. The van der Waals surface area contributed by atoms with Crippen LogP contribution in [0.3, 0.4) is 0 Å². The van der Waals surface area contributed by atoms with E-state index in [0.29, 0.717) is 15.9 Å². The van der Waals surface area contributed by atoms with Crippen LogP contribution < -0.4 is 4.90 Å². The predicted molar refractivity (Wildman–Crippen MR) is 125 cm³/mol. The molecule has 0 spiro atoms. The molecule has 7 nitrogen and oxygen atoms in total. The molecule has 1 N–H and O–H groups in total. The van der Waals surface area contributed by atoms with Gasteiger partial charge in [-0.25, -0.2) is 9.67 Å². The van der Waals surface area contributed by atoms with E-state index in [0.717, 1.165) is 54.0 Å². The Labute approximate surface area is 195 Å². The van der Waals surface area contributed by atoms with Gasteiger partial charge >= 0.3 is 6.05 Å². The smallest absolute Gasteiger partial charge is 0.340 e. The Balaban J connectivity index is 1.50. The van der Waals surface area contributed by atoms with E-state index in [2.05, 4.69) is 27.0 Å². The van der Waals surface area contributed by atoms with Crippen molar-refractivity contribution < 1.29 is 13.6 Å². The summed E-state index contributed by atoms with van der Waals surface area (Å²) < 4.78 is 27.8. The number of nitrogens with one attached hydrogen (secondary N) is 1. The highest BCUT2D eigenvalue weighted by Gasteiger charge is 2.48. The number of aromatic amines is 1. The third kappa shape index (κ3) is 3.74. The molecule has 1 aliphatic heterocycles. The van der Waals surface area contributed by atoms with Crippen molar-refractivity contribution in [2.75, 3.05) is 4.90 Å². The summed E-state index contributed by atoms with van der Waals surface area (Å²) in [5.41, 5.74) is 5.53. The van der Waals surface area contributed by atoms with Gasteiger partial charge in [-0.15, -0.1) is 0 Å². The second-order valence-corrected chi connectivity index (χ2v) is 8.95. The second-order valence-electron chi connectivity index (χ2n) is 8.95. The Morgan fingerprint density at radius 1 is 1.18 bits per heavy atom. The quantitative estimate of drug-likeness (QED) is 0.362. The lowest BCUT2D eigenvalue weighted by molar-refractivity contribution is -0.130. The number of benzene rings is 1. The van der Waals surface area contributed by atoms with E-state index in [1.807, 2.05) is 36.1 Å². The fraction of sp³-hybridized carbons (Fsp3) is 0.360. The summed E-state index contributed by atoms with van der Waals surface area (Å²) in [7, 11) is 0. The van der Waals surface area contributed by atoms with Gasteiger partial charge in [0.05, 0.1) is 41.2 Å². The minimum absolute atomic E-state index is 0.104. The summed E-state index contributed by atoms with van der Waals surface area (Å²) in [6.07, 6.45) is 8.88. The van der Waals surface area contributed by atoms with Crippen LogP contribution in [0.5, 0.6) is 0 Å². The highest BCUT2D eigenvalue weighted by molar-refractivity contribution is 6.04. The van der Waals surface area contributed by atoms with Crippen LogP contribution in [0.4, 0.5) is 14.5 Å². The maximum absolute atomic E-state index is 13.6. The highest BCUT2D eigenvalue weighted by atomic mass is 19.3. The van der Waals surface area contributed by atoms with Gasteiger partial charge in [0.15, 0.2) is 0 Å². The predicted octanol–water partition coefficient (Wildman–Crippen LogP) is 5.59. The van der Waals surface area contributed by atoms with Gasteiger partial charge in [-0.1, -0.05) is 19.8 Å². The van der Waals surface area contributed by atoms with Gasteiger partial charge in [-0.3, -0.25) is 9.78 Å². The Morgan fingerprint density at radius 3 is 2.71 bits per heavy atom. The van der Waals surface area contributed by atoms with Crippen molar-refractivity contribution in [3.8, 4) is 11.3 Å². The maximum Gasteiger partial charge on any atom is 0.340 e. The molecule has 0 bridgehead atoms. The Morgan fingerprint density at radius 2 is 2.00 bits per heavy atom. The molecule has 34 heavy (non-hydrogen) atoms. The molecular weight excluding hydrogens is 438 g/mol. The first-order chi connectivity index (χ1) is 16.3. The molecule has 5 rings (SSSR count). The summed E-state index contributed by atoms with van der Waals surface area (Å²) in [6.45, 7) is 4.88. The number of H-pyrrole nitrogens is 1. The molecule has 1 fully saturated rings. The number of alkyl halides is 2. The van der Waals surface area contributed by atoms with Gasteiger partial charge in [-0.05, 0) is 48.7 Å². The van der Waals surface area contributed by atoms with Crippen molar-refractivity contribution >= 4 is 22.6 Å². The number of aryl methyl sites for hydroxylation is 1. The number of carbonyl (C=O) groups excluding carboxylic acids is 1. The zero-order valence-electron chi connectivity index (χ0n) is 19.3. The number of fused-ring (bicyclic) bond motifs is 1. The lowest BCUT2D eigenvalue weighted by Gasteiger charge is -2.48. The first-order valence-electron chi connectivity index (χ1n) is 11.4. The number of halogens is 2. The van der Waals surface area contributed by atoms with E-state index in [9.17, 15) is 13.6 Å². The van der Waals surface area contributed by atoms with Crippen LogP contribution in [0.25, 0.3) is 22.3 Å². The number of hydrogen-bond donors (Lipinski definition) is 1. The normalized spacial score (nSPS) is 18.5. The van der Waals surface area contributed by atoms with Crippen molar-refractivity contribution in [2.45, 2.75) is 52.1 Å². The van der Waals surface area contributed by atoms with Crippen molar-refractivity contribution in [2.24, 2.45) is 5.92 Å². The second kappa shape index (κ2) is 8.30. The van der Waals surface area contributed by atoms with Gasteiger partial charge < -0.3 is 9.88 Å². The number of amides is 1. The molecule has 1 aliphatic rings. The summed E-state index contributed by atoms with van der Waals surface area (Å²) in [5, 5.41) is 3.77. The molecule has 0 unspecified atom stereocenters. The average molecular weight is 465 g/mol. The summed E-state index contributed by atoms with van der Waals surface area (Å²) in [6, 6.07) is 4.42. The number of pyridine rings is 1. The SMILES string of the molecule is CCCC[C@H]1C(=O)N(c2ccc3nc[nH]c3c2)[C@H]1c1cnc(-c2cnn(C(C)(F)F)c2)cc1C. The van der Waals surface area contributed by atoms with Crippen molar-refractivity contribution in [1.29, 1.82) is 0 Å². The van der Waals surface area contributed by atoms with Gasteiger partial charge in [0.25, 0.3) is 0 Å². The van der Waals surface area contributed by atoms with Crippen LogP contribution >= 0.6 is 0 Å². The summed E-state index contributed by atoms with van der Waals surface area (Å²) in [5.74, 6) is -0.0162. The summed E-state index contributed by atoms with van der Waals surface area (Å²) in [4.78, 5) is 27.0. The largest absolute Gasteiger partial charge is 0.345 e. The topological polar surface area (TPSA) is 79.7 Å². The molecule has 176 valence electrons. The van der Waals surface area contributed by atoms with Crippen LogP contribution in [0.15, 0.2) is 49.2 Å². The van der Waals surface area contributed by atoms with Gasteiger partial charge in [0, 0.05) is 30.6 Å². The fourth-order valence-electron chi connectivity index (χ4n) is 4.67. The maximum atomic E-state index is 13.6. The van der Waals surface area contributed by atoms with Gasteiger partial charge in [-0.2, -0.15) is 13.9 Å². The standard InChI is InChI=1S/C25H26F2N6O/c1-4-5-6-18-23(33(24(18)34)17-7-8-20-22(10-17)30-14-29-20)19-12-28-21(9-15(19)2)16-11-31-32(13-16)25(3,26)27/h7-14,18,23H,4-6H2,1-3H3,(H,29,30)/t18-,23-/m1/s1. The first kappa shape index (κ1) is 22.2. The van der Waals surface area contributed by atoms with Crippen LogP contribution in [-0.2, 0) is 10.8 Å². The van der Waals surface area contributed by atoms with Crippen LogP contribution in [0, 0.1) is 12.8 Å². The van der Waals surface area contributed by atoms with Crippen molar-refractivity contribution in [3.05, 3.63) is 60.3 Å². The number of rotatable bonds is 7. The molecule has 1 amide bonds. The summed E-state index contributed by atoms with van der Waals surface area (Å²) >= 11 is 0. The number of aromatic nitrogens is 5. The molecule has 0 radical (unpaired) electrons. The Bertz CT molecular complexity index is 1350. The average Bonchev–Trinajstić information content (AvgIpc) is 3.47. The molecule has 9 heteroatoms. The molecular formula is C25H26F2N6O. The fourth-order valence-corrected chi connectivity index (χ4v) is 4.67. The molecule has 4 heterocycles. The molecule has 0 aliphatic carbocycles. The zero-order valence-corrected chi connectivity index (χ0v) is 19.3. The molecule has 4 aromatic rings. The third-order valence-corrected chi connectivity index (χ3v) is 6.52. The van der Waals surface area contributed by atoms with Crippen LogP contribution in [0.1, 0.15) is 50.3 Å². The van der Waals surface area contributed by atoms with Gasteiger partial charge in [0.2, 0.25) is 5.91 Å². The number of hydrogen-bond acceptors (Lipinski definition) is 4. The number of β-lactam (4-membered cyclic amide) rings is 1. The molecule has 1 saturated heterocycles. The highest BCUT2D eigenvalue weighted by Crippen LogP contribution is 2.47. The van der Waals surface area contributed by atoms with Gasteiger partial charge in [0.1, 0.15) is 0 Å². The molecule has 2 atom stereocenters.